The third-order valence-corrected chi connectivity index (χ3v) is 7.94. The van der Waals surface area contributed by atoms with Crippen LogP contribution in [0.5, 0.6) is 0 Å². The summed E-state index contributed by atoms with van der Waals surface area (Å²) >= 11 is 1.57. The van der Waals surface area contributed by atoms with Crippen LogP contribution in [0.25, 0.3) is 10.1 Å². The number of aliphatic hydroxyl groups is 1. The highest BCUT2D eigenvalue weighted by Crippen LogP contribution is 2.38. The van der Waals surface area contributed by atoms with Gasteiger partial charge in [0.15, 0.2) is 0 Å². The van der Waals surface area contributed by atoms with Crippen LogP contribution in [0.15, 0.2) is 24.3 Å². The molecule has 7 nitrogen and oxygen atoms in total. The largest absolute Gasteiger partial charge is 0.393 e. The van der Waals surface area contributed by atoms with Crippen LogP contribution in [0.2, 0.25) is 0 Å². The van der Waals surface area contributed by atoms with Gasteiger partial charge in [0.25, 0.3) is 0 Å². The summed E-state index contributed by atoms with van der Waals surface area (Å²) < 4.78 is 5.91. The van der Waals surface area contributed by atoms with Crippen LogP contribution in [-0.2, 0) is 9.59 Å². The molecule has 0 radical (unpaired) electrons. The first-order valence-electron chi connectivity index (χ1n) is 11.5. The van der Waals surface area contributed by atoms with Crippen molar-refractivity contribution in [2.24, 2.45) is 11.8 Å². The van der Waals surface area contributed by atoms with Gasteiger partial charge in [-0.1, -0.05) is 12.1 Å². The van der Waals surface area contributed by atoms with Crippen LogP contribution in [-0.4, -0.2) is 76.5 Å². The summed E-state index contributed by atoms with van der Waals surface area (Å²) in [7, 11) is 0. The molecule has 1 saturated carbocycles. The van der Waals surface area contributed by atoms with Gasteiger partial charge in [0, 0.05) is 38.1 Å². The molecule has 3 heterocycles. The number of fused-ring (bicyclic) bond motifs is 2. The Balaban J connectivity index is 1.06. The number of unbranched alkanes of at least 4 members (excludes halogenated alkanes) is 1. The van der Waals surface area contributed by atoms with E-state index < -0.39 is 6.10 Å². The van der Waals surface area contributed by atoms with Crippen molar-refractivity contribution in [3.05, 3.63) is 24.3 Å². The van der Waals surface area contributed by atoms with Crippen molar-refractivity contribution in [1.29, 1.82) is 0 Å². The highest BCUT2D eigenvalue weighted by molar-refractivity contribution is 7.13. The molecule has 5 rings (SSSR count). The second-order valence-corrected chi connectivity index (χ2v) is 9.85. The molecule has 2 aromatic rings. The van der Waals surface area contributed by atoms with E-state index in [4.69, 9.17) is 0 Å². The molecule has 2 amide bonds. The number of rotatable bonds is 6. The summed E-state index contributed by atoms with van der Waals surface area (Å²) in [4.78, 5) is 31.5. The SMILES string of the molecule is O=C1[C@H]2CC(O)CC[C@H]2C(=O)N1CCCCN1CCN(c2nsc3ccccc23)CC1. The second-order valence-electron chi connectivity index (χ2n) is 9.05. The summed E-state index contributed by atoms with van der Waals surface area (Å²) in [6, 6.07) is 8.41. The van der Waals surface area contributed by atoms with Crippen LogP contribution in [0.3, 0.4) is 0 Å². The maximum atomic E-state index is 12.6. The van der Waals surface area contributed by atoms with E-state index in [-0.39, 0.29) is 23.7 Å². The van der Waals surface area contributed by atoms with Crippen molar-refractivity contribution >= 4 is 39.3 Å². The number of anilines is 1. The van der Waals surface area contributed by atoms with E-state index in [1.807, 2.05) is 0 Å². The average Bonchev–Trinajstić information content (AvgIpc) is 3.32. The minimum atomic E-state index is -0.432. The predicted octanol–water partition coefficient (Wildman–Crippen LogP) is 2.34. The first-order valence-corrected chi connectivity index (χ1v) is 12.2. The molecule has 1 aliphatic carbocycles. The van der Waals surface area contributed by atoms with Gasteiger partial charge in [0.1, 0.15) is 5.82 Å². The molecule has 3 atom stereocenters. The van der Waals surface area contributed by atoms with E-state index in [1.54, 1.807) is 11.5 Å². The predicted molar refractivity (Wildman–Crippen MR) is 121 cm³/mol. The molecular formula is C23H30N4O3S. The van der Waals surface area contributed by atoms with Crippen molar-refractivity contribution in [1.82, 2.24) is 14.2 Å². The molecule has 1 aromatic carbocycles. The zero-order valence-electron chi connectivity index (χ0n) is 17.8. The molecule has 31 heavy (non-hydrogen) atoms. The van der Waals surface area contributed by atoms with Crippen LogP contribution < -0.4 is 4.90 Å². The lowest BCUT2D eigenvalue weighted by Gasteiger charge is -2.35. The lowest BCUT2D eigenvalue weighted by Crippen LogP contribution is -2.46. The third kappa shape index (κ3) is 4.08. The molecule has 2 saturated heterocycles. The van der Waals surface area contributed by atoms with E-state index in [0.717, 1.165) is 51.4 Å². The Morgan fingerprint density at radius 3 is 2.55 bits per heavy atom. The Morgan fingerprint density at radius 2 is 1.71 bits per heavy atom. The van der Waals surface area contributed by atoms with Gasteiger partial charge in [-0.15, -0.1) is 0 Å². The van der Waals surface area contributed by atoms with Crippen molar-refractivity contribution in [3.8, 4) is 0 Å². The molecule has 3 aliphatic rings. The van der Waals surface area contributed by atoms with E-state index in [0.29, 0.717) is 25.8 Å². The number of benzene rings is 1. The fourth-order valence-corrected chi connectivity index (χ4v) is 6.13. The molecule has 3 fully saturated rings. The lowest BCUT2D eigenvalue weighted by molar-refractivity contribution is -0.140. The van der Waals surface area contributed by atoms with Gasteiger partial charge in [-0.2, -0.15) is 4.37 Å². The molecule has 1 aromatic heterocycles. The highest BCUT2D eigenvalue weighted by atomic mass is 32.1. The normalized spacial score (nSPS) is 27.3. The van der Waals surface area contributed by atoms with Gasteiger partial charge in [-0.3, -0.25) is 19.4 Å². The number of imide groups is 1. The molecule has 2 aliphatic heterocycles. The Morgan fingerprint density at radius 1 is 0.968 bits per heavy atom. The number of amides is 2. The number of likely N-dealkylation sites (tertiary alicyclic amines) is 1. The number of piperazine rings is 1. The highest BCUT2D eigenvalue weighted by Gasteiger charge is 2.49. The molecule has 166 valence electrons. The molecule has 0 bridgehead atoms. The summed E-state index contributed by atoms with van der Waals surface area (Å²) in [5, 5.41) is 11.1. The fraction of sp³-hybridized carbons (Fsp3) is 0.609. The number of nitrogens with zero attached hydrogens (tertiary/aromatic N) is 4. The minimum absolute atomic E-state index is 0.00833. The van der Waals surface area contributed by atoms with Crippen molar-refractivity contribution < 1.29 is 14.7 Å². The quantitative estimate of drug-likeness (QED) is 0.547. The monoisotopic (exact) mass is 442 g/mol. The summed E-state index contributed by atoms with van der Waals surface area (Å²) in [6.45, 7) is 5.48. The number of hydrogen-bond donors (Lipinski definition) is 1. The Hall–Kier alpha value is -2.03. The van der Waals surface area contributed by atoms with E-state index >= 15 is 0 Å². The molecule has 1 N–H and O–H groups in total. The molecule has 1 unspecified atom stereocenters. The summed E-state index contributed by atoms with van der Waals surface area (Å²) in [6.07, 6.45) is 3.12. The van der Waals surface area contributed by atoms with Gasteiger partial charge < -0.3 is 10.0 Å². The van der Waals surface area contributed by atoms with E-state index in [2.05, 4.69) is 38.4 Å². The standard InChI is InChI=1S/C23H30N4O3S/c28-16-7-8-17-19(15-16)23(30)27(22(17)29)10-4-3-9-25-11-13-26(14-12-25)21-18-5-1-2-6-20(18)31-24-21/h1-2,5-6,16-17,19,28H,3-4,7-15H2/t16?,17-,19+/m1/s1. The number of hydrogen-bond acceptors (Lipinski definition) is 7. The molecular weight excluding hydrogens is 412 g/mol. The summed E-state index contributed by atoms with van der Waals surface area (Å²) in [5.41, 5.74) is 0. The number of carbonyl (C=O) groups is 2. The molecule has 8 heteroatoms. The smallest absolute Gasteiger partial charge is 0.233 e. The van der Waals surface area contributed by atoms with Gasteiger partial charge in [-0.05, 0) is 62.3 Å². The molecule has 0 spiro atoms. The van der Waals surface area contributed by atoms with Crippen molar-refractivity contribution in [3.63, 3.8) is 0 Å². The van der Waals surface area contributed by atoms with Gasteiger partial charge >= 0.3 is 0 Å². The number of carbonyl (C=O) groups excluding carboxylic acids is 2. The third-order valence-electron chi connectivity index (χ3n) is 7.13. The zero-order valence-corrected chi connectivity index (χ0v) is 18.6. The van der Waals surface area contributed by atoms with Crippen LogP contribution in [0.1, 0.15) is 32.1 Å². The lowest BCUT2D eigenvalue weighted by atomic mass is 9.80. The van der Waals surface area contributed by atoms with Gasteiger partial charge in [-0.25, -0.2) is 0 Å². The zero-order chi connectivity index (χ0) is 21.4. The topological polar surface area (TPSA) is 77.0 Å². The second kappa shape index (κ2) is 8.84. The first kappa shape index (κ1) is 20.8. The summed E-state index contributed by atoms with van der Waals surface area (Å²) in [5.74, 6) is 0.568. The number of aliphatic hydroxyl groups excluding tert-OH is 1. The Kier molecular flexibility index (Phi) is 5.95. The van der Waals surface area contributed by atoms with Crippen molar-refractivity contribution in [2.75, 3.05) is 44.2 Å². The van der Waals surface area contributed by atoms with Gasteiger partial charge in [0.2, 0.25) is 11.8 Å². The van der Waals surface area contributed by atoms with Gasteiger partial charge in [0.05, 0.1) is 22.6 Å². The minimum Gasteiger partial charge on any atom is -0.393 e. The Labute approximate surface area is 186 Å². The van der Waals surface area contributed by atoms with E-state index in [1.165, 1.54) is 15.0 Å². The Bertz CT molecular complexity index is 955. The maximum absolute atomic E-state index is 12.6. The van der Waals surface area contributed by atoms with Crippen LogP contribution in [0, 0.1) is 11.8 Å². The maximum Gasteiger partial charge on any atom is 0.233 e. The van der Waals surface area contributed by atoms with Crippen LogP contribution in [0.4, 0.5) is 5.82 Å². The first-order chi connectivity index (χ1) is 15.1. The van der Waals surface area contributed by atoms with Crippen molar-refractivity contribution in [2.45, 2.75) is 38.2 Å². The fourth-order valence-electron chi connectivity index (χ4n) is 5.34. The number of aromatic nitrogens is 1. The average molecular weight is 443 g/mol. The van der Waals surface area contributed by atoms with E-state index in [9.17, 15) is 14.7 Å². The van der Waals surface area contributed by atoms with Crippen LogP contribution >= 0.6 is 11.5 Å².